The number of carbonyl (C=O) groups excluding carboxylic acids is 1. The quantitative estimate of drug-likeness (QED) is 0.305. The number of nitrogens with zero attached hydrogens (tertiary/aromatic N) is 2. The van der Waals surface area contributed by atoms with E-state index in [2.05, 4.69) is 11.9 Å². The monoisotopic (exact) mass is 358 g/mol. The number of carbonyl (C=O) groups is 1. The molecule has 1 heterocycles. The highest BCUT2D eigenvalue weighted by molar-refractivity contribution is 5.85. The molecule has 0 bridgehead atoms. The first kappa shape index (κ1) is 23.0. The van der Waals surface area contributed by atoms with Crippen molar-refractivity contribution < 1.29 is 9.53 Å². The molecule has 4 nitrogen and oxygen atoms in total. The number of ether oxygens (including phenoxy) is 1. The fraction of sp³-hybridized carbons (Fsp3) is 0.789. The third-order valence-electron chi connectivity index (χ3n) is 4.16. The van der Waals surface area contributed by atoms with Gasteiger partial charge in [-0.05, 0) is 6.42 Å². The topological polar surface area (TPSA) is 44.1 Å². The lowest BCUT2D eigenvalue weighted by atomic mass is 10.1. The van der Waals surface area contributed by atoms with Crippen molar-refractivity contribution in [3.8, 4) is 0 Å². The van der Waals surface area contributed by atoms with Crippen LogP contribution in [-0.2, 0) is 16.1 Å². The molecule has 1 aromatic rings. The normalized spacial score (nSPS) is 10.4. The Bertz CT molecular complexity index is 383. The van der Waals surface area contributed by atoms with E-state index in [9.17, 15) is 4.79 Å². The summed E-state index contributed by atoms with van der Waals surface area (Å²) < 4.78 is 7.13. The first-order chi connectivity index (χ1) is 11.3. The zero-order valence-corrected chi connectivity index (χ0v) is 16.1. The standard InChI is InChI=1S/C19H34N2O2.ClH/c1-2-3-4-5-6-7-8-9-10-11-12-13-19(22)23-17-16-21-15-14-20-18-21;/h14-15,18H,2-13,16-17H2,1H3;1H. The van der Waals surface area contributed by atoms with Gasteiger partial charge in [-0.25, -0.2) is 4.98 Å². The van der Waals surface area contributed by atoms with Gasteiger partial charge in [-0.2, -0.15) is 0 Å². The van der Waals surface area contributed by atoms with Crippen molar-refractivity contribution in [1.29, 1.82) is 0 Å². The molecule has 0 aromatic carbocycles. The number of esters is 1. The Kier molecular flexibility index (Phi) is 16.1. The molecule has 0 saturated heterocycles. The van der Waals surface area contributed by atoms with E-state index in [1.165, 1.54) is 57.8 Å². The molecule has 0 radical (unpaired) electrons. The molecule has 0 atom stereocenters. The lowest BCUT2D eigenvalue weighted by Crippen LogP contribution is -2.10. The van der Waals surface area contributed by atoms with Crippen molar-refractivity contribution >= 4 is 18.4 Å². The van der Waals surface area contributed by atoms with Crippen LogP contribution in [0.3, 0.4) is 0 Å². The van der Waals surface area contributed by atoms with Crippen molar-refractivity contribution in [3.63, 3.8) is 0 Å². The number of imidazole rings is 1. The minimum atomic E-state index is -0.0685. The number of hydrogen-bond donors (Lipinski definition) is 0. The Morgan fingerprint density at radius 2 is 1.54 bits per heavy atom. The number of hydrogen-bond acceptors (Lipinski definition) is 3. The van der Waals surface area contributed by atoms with Gasteiger partial charge < -0.3 is 9.30 Å². The molecule has 0 unspecified atom stereocenters. The number of unbranched alkanes of at least 4 members (excludes halogenated alkanes) is 10. The van der Waals surface area contributed by atoms with Crippen LogP contribution in [0.15, 0.2) is 18.7 Å². The van der Waals surface area contributed by atoms with Gasteiger partial charge in [-0.3, -0.25) is 4.79 Å². The summed E-state index contributed by atoms with van der Waals surface area (Å²) in [6.45, 7) is 3.38. The van der Waals surface area contributed by atoms with Crippen molar-refractivity contribution in [2.24, 2.45) is 0 Å². The van der Waals surface area contributed by atoms with E-state index in [0.29, 0.717) is 19.6 Å². The maximum atomic E-state index is 11.6. The maximum Gasteiger partial charge on any atom is 0.305 e. The van der Waals surface area contributed by atoms with Gasteiger partial charge >= 0.3 is 5.97 Å². The van der Waals surface area contributed by atoms with Crippen LogP contribution < -0.4 is 0 Å². The second-order valence-electron chi connectivity index (χ2n) is 6.31. The fourth-order valence-electron chi connectivity index (χ4n) is 2.69. The summed E-state index contributed by atoms with van der Waals surface area (Å²) in [6.07, 6.45) is 20.2. The molecule has 0 N–H and O–H groups in total. The van der Waals surface area contributed by atoms with Gasteiger partial charge in [0.2, 0.25) is 0 Å². The molecule has 0 aliphatic rings. The van der Waals surface area contributed by atoms with Gasteiger partial charge in [-0.15, -0.1) is 12.4 Å². The summed E-state index contributed by atoms with van der Waals surface area (Å²) in [4.78, 5) is 15.5. The molecule has 5 heteroatoms. The molecule has 0 aliphatic heterocycles. The molecule has 0 fully saturated rings. The van der Waals surface area contributed by atoms with Crippen LogP contribution in [0.1, 0.15) is 84.0 Å². The van der Waals surface area contributed by atoms with Crippen LogP contribution in [0.2, 0.25) is 0 Å². The summed E-state index contributed by atoms with van der Waals surface area (Å²) in [5.74, 6) is -0.0685. The second-order valence-corrected chi connectivity index (χ2v) is 6.31. The first-order valence-corrected chi connectivity index (χ1v) is 9.44. The summed E-state index contributed by atoms with van der Waals surface area (Å²) in [7, 11) is 0. The van der Waals surface area contributed by atoms with Gasteiger partial charge in [-0.1, -0.05) is 71.1 Å². The summed E-state index contributed by atoms with van der Waals surface area (Å²) in [5, 5.41) is 0. The first-order valence-electron chi connectivity index (χ1n) is 9.44. The molecule has 0 spiro atoms. The van der Waals surface area contributed by atoms with E-state index >= 15 is 0 Å². The third kappa shape index (κ3) is 13.4. The van der Waals surface area contributed by atoms with Crippen LogP contribution in [0.25, 0.3) is 0 Å². The fourth-order valence-corrected chi connectivity index (χ4v) is 2.69. The number of rotatable bonds is 15. The molecule has 24 heavy (non-hydrogen) atoms. The van der Waals surface area contributed by atoms with Crippen LogP contribution in [0.4, 0.5) is 0 Å². The van der Waals surface area contributed by atoms with E-state index in [0.717, 1.165) is 12.8 Å². The molecule has 0 aliphatic carbocycles. The van der Waals surface area contributed by atoms with Gasteiger partial charge in [0.05, 0.1) is 12.9 Å². The average molecular weight is 359 g/mol. The predicted molar refractivity (Wildman–Crippen MR) is 102 cm³/mol. The van der Waals surface area contributed by atoms with Gasteiger partial charge in [0, 0.05) is 18.8 Å². The SMILES string of the molecule is CCCCCCCCCCCCCC(=O)OCCn1ccnc1.Cl. The molecule has 1 rings (SSSR count). The molecular formula is C19H35ClN2O2. The Labute approximate surface area is 153 Å². The lowest BCUT2D eigenvalue weighted by Gasteiger charge is -2.05. The van der Waals surface area contributed by atoms with Crippen molar-refractivity contribution in [2.75, 3.05) is 6.61 Å². The zero-order valence-electron chi connectivity index (χ0n) is 15.3. The van der Waals surface area contributed by atoms with Crippen LogP contribution in [-0.4, -0.2) is 22.1 Å². The predicted octanol–water partition coefficient (Wildman–Crippen LogP) is 5.55. The van der Waals surface area contributed by atoms with Gasteiger partial charge in [0.1, 0.15) is 6.61 Å². The Morgan fingerprint density at radius 3 is 2.08 bits per heavy atom. The minimum Gasteiger partial charge on any atom is -0.464 e. The number of aromatic nitrogens is 2. The molecule has 0 amide bonds. The molecule has 140 valence electrons. The van der Waals surface area contributed by atoms with Crippen molar-refractivity contribution in [3.05, 3.63) is 18.7 Å². The van der Waals surface area contributed by atoms with Crippen LogP contribution in [0.5, 0.6) is 0 Å². The van der Waals surface area contributed by atoms with Gasteiger partial charge in [0.15, 0.2) is 0 Å². The second kappa shape index (κ2) is 16.8. The third-order valence-corrected chi connectivity index (χ3v) is 4.16. The smallest absolute Gasteiger partial charge is 0.305 e. The summed E-state index contributed by atoms with van der Waals surface area (Å²) in [5.41, 5.74) is 0. The molecule has 0 saturated carbocycles. The van der Waals surface area contributed by atoms with Crippen molar-refractivity contribution in [2.45, 2.75) is 90.5 Å². The van der Waals surface area contributed by atoms with E-state index in [-0.39, 0.29) is 18.4 Å². The van der Waals surface area contributed by atoms with Crippen molar-refractivity contribution in [1.82, 2.24) is 9.55 Å². The minimum absolute atomic E-state index is 0. The Hall–Kier alpha value is -1.03. The summed E-state index contributed by atoms with van der Waals surface area (Å²) >= 11 is 0. The lowest BCUT2D eigenvalue weighted by molar-refractivity contribution is -0.144. The largest absolute Gasteiger partial charge is 0.464 e. The highest BCUT2D eigenvalue weighted by Gasteiger charge is 2.02. The Morgan fingerprint density at radius 1 is 0.958 bits per heavy atom. The van der Waals surface area contributed by atoms with E-state index in [1.54, 1.807) is 12.5 Å². The van der Waals surface area contributed by atoms with E-state index in [1.807, 2.05) is 10.8 Å². The highest BCUT2D eigenvalue weighted by atomic mass is 35.5. The van der Waals surface area contributed by atoms with Gasteiger partial charge in [0.25, 0.3) is 0 Å². The highest BCUT2D eigenvalue weighted by Crippen LogP contribution is 2.12. The summed E-state index contributed by atoms with van der Waals surface area (Å²) in [6, 6.07) is 0. The molecule has 1 aromatic heterocycles. The molecular weight excluding hydrogens is 324 g/mol. The Balaban J connectivity index is 0.00000529. The average Bonchev–Trinajstić information content (AvgIpc) is 3.06. The number of halogens is 1. The van der Waals surface area contributed by atoms with Crippen LogP contribution in [0, 0.1) is 0 Å². The van der Waals surface area contributed by atoms with E-state index in [4.69, 9.17) is 4.74 Å². The zero-order chi connectivity index (χ0) is 16.6. The van der Waals surface area contributed by atoms with E-state index < -0.39 is 0 Å². The maximum absolute atomic E-state index is 11.6. The van der Waals surface area contributed by atoms with Crippen LogP contribution >= 0.6 is 12.4 Å².